The highest BCUT2D eigenvalue weighted by atomic mass is 32.1. The van der Waals surface area contributed by atoms with Crippen LogP contribution in [0.25, 0.3) is 15.9 Å². The third-order valence-electron chi connectivity index (χ3n) is 3.68. The van der Waals surface area contributed by atoms with E-state index in [0.717, 1.165) is 21.5 Å². The van der Waals surface area contributed by atoms with Gasteiger partial charge in [-0.05, 0) is 35.9 Å². The number of aromatic nitrogens is 3. The third-order valence-corrected chi connectivity index (χ3v) is 4.79. The summed E-state index contributed by atoms with van der Waals surface area (Å²) >= 11 is 1.41. The first-order valence-corrected chi connectivity index (χ1v) is 8.32. The number of pyridine rings is 2. The molecule has 4 aromatic rings. The maximum Gasteiger partial charge on any atom is 0.263 e. The first kappa shape index (κ1) is 14.6. The molecule has 0 fully saturated rings. The smallest absolute Gasteiger partial charge is 0.263 e. The first-order chi connectivity index (χ1) is 11.8. The Morgan fingerprint density at radius 2 is 1.96 bits per heavy atom. The summed E-state index contributed by atoms with van der Waals surface area (Å²) < 4.78 is 1.96. The molecule has 118 valence electrons. The normalized spacial score (nSPS) is 10.8. The van der Waals surface area contributed by atoms with Crippen molar-refractivity contribution in [3.05, 3.63) is 77.8 Å². The van der Waals surface area contributed by atoms with Crippen molar-refractivity contribution in [3.63, 3.8) is 0 Å². The Hall–Kier alpha value is -2.99. The molecule has 1 N–H and O–H groups in total. The van der Waals surface area contributed by atoms with Crippen LogP contribution in [-0.2, 0) is 6.54 Å². The van der Waals surface area contributed by atoms with Gasteiger partial charge in [0.2, 0.25) is 0 Å². The Kier molecular flexibility index (Phi) is 3.80. The van der Waals surface area contributed by atoms with Crippen molar-refractivity contribution < 1.29 is 4.79 Å². The van der Waals surface area contributed by atoms with Gasteiger partial charge in [-0.25, -0.2) is 4.98 Å². The van der Waals surface area contributed by atoms with Gasteiger partial charge >= 0.3 is 0 Å². The molecule has 6 heteroatoms. The molecule has 0 saturated heterocycles. The van der Waals surface area contributed by atoms with Crippen LogP contribution in [-0.4, -0.2) is 20.4 Å². The van der Waals surface area contributed by atoms with Crippen molar-refractivity contribution in [2.24, 2.45) is 0 Å². The Morgan fingerprint density at radius 3 is 2.75 bits per heavy atom. The molecule has 0 radical (unpaired) electrons. The molecule has 5 nitrogen and oxygen atoms in total. The highest BCUT2D eigenvalue weighted by molar-refractivity contribution is 7.21. The number of fused-ring (bicyclic) bond motifs is 1. The van der Waals surface area contributed by atoms with Gasteiger partial charge in [-0.3, -0.25) is 9.78 Å². The van der Waals surface area contributed by atoms with Crippen LogP contribution in [0.15, 0.2) is 67.4 Å². The number of nitrogens with zero attached hydrogens (tertiary/aromatic N) is 3. The molecule has 0 spiro atoms. The van der Waals surface area contributed by atoms with Crippen LogP contribution in [0, 0.1) is 0 Å². The van der Waals surface area contributed by atoms with Crippen molar-refractivity contribution in [2.45, 2.75) is 6.54 Å². The second-order valence-corrected chi connectivity index (χ2v) is 6.27. The van der Waals surface area contributed by atoms with Crippen molar-refractivity contribution in [1.29, 1.82) is 0 Å². The van der Waals surface area contributed by atoms with Crippen molar-refractivity contribution >= 4 is 27.5 Å². The van der Waals surface area contributed by atoms with Gasteiger partial charge in [-0.2, -0.15) is 0 Å². The van der Waals surface area contributed by atoms with Crippen LogP contribution < -0.4 is 5.32 Å². The number of amides is 1. The molecule has 0 unspecified atom stereocenters. The van der Waals surface area contributed by atoms with Crippen LogP contribution in [0.4, 0.5) is 0 Å². The molecule has 4 rings (SSSR count). The standard InChI is InChI=1S/C18H14N4OS/c23-17(21-12-13-5-3-7-19-11-13)16-15(22-9-1-2-10-22)14-6-4-8-20-18(14)24-16/h1-11H,12H2,(H,21,23). The molecule has 24 heavy (non-hydrogen) atoms. The summed E-state index contributed by atoms with van der Waals surface area (Å²) in [6.07, 6.45) is 9.08. The topological polar surface area (TPSA) is 59.8 Å². The Labute approximate surface area is 142 Å². The molecule has 0 aliphatic rings. The lowest BCUT2D eigenvalue weighted by Crippen LogP contribution is -2.23. The summed E-state index contributed by atoms with van der Waals surface area (Å²) in [6, 6.07) is 11.6. The quantitative estimate of drug-likeness (QED) is 0.622. The average molecular weight is 334 g/mol. The average Bonchev–Trinajstić information content (AvgIpc) is 3.27. The molecule has 0 aliphatic heterocycles. The maximum absolute atomic E-state index is 12.7. The molecule has 0 bridgehead atoms. The van der Waals surface area contributed by atoms with Gasteiger partial charge < -0.3 is 9.88 Å². The summed E-state index contributed by atoms with van der Waals surface area (Å²) in [7, 11) is 0. The minimum absolute atomic E-state index is 0.106. The summed E-state index contributed by atoms with van der Waals surface area (Å²) in [5.74, 6) is -0.106. The second kappa shape index (κ2) is 6.25. The Balaban J connectivity index is 1.70. The lowest BCUT2D eigenvalue weighted by molar-refractivity contribution is 0.0955. The van der Waals surface area contributed by atoms with E-state index in [4.69, 9.17) is 0 Å². The van der Waals surface area contributed by atoms with Gasteiger partial charge in [0.05, 0.1) is 5.69 Å². The largest absolute Gasteiger partial charge is 0.347 e. The van der Waals surface area contributed by atoms with E-state index in [1.54, 1.807) is 18.6 Å². The summed E-state index contributed by atoms with van der Waals surface area (Å²) in [6.45, 7) is 0.444. The lowest BCUT2D eigenvalue weighted by Gasteiger charge is -2.07. The first-order valence-electron chi connectivity index (χ1n) is 7.51. The lowest BCUT2D eigenvalue weighted by atomic mass is 10.2. The van der Waals surface area contributed by atoms with Gasteiger partial charge in [0.25, 0.3) is 5.91 Å². The predicted octanol–water partition coefficient (Wildman–Crippen LogP) is 3.41. The van der Waals surface area contributed by atoms with Crippen LogP contribution in [0.5, 0.6) is 0 Å². The van der Waals surface area contributed by atoms with Crippen molar-refractivity contribution in [1.82, 2.24) is 19.9 Å². The molecule has 0 saturated carbocycles. The zero-order chi connectivity index (χ0) is 16.4. The zero-order valence-electron chi connectivity index (χ0n) is 12.7. The minimum atomic E-state index is -0.106. The Morgan fingerprint density at radius 1 is 1.12 bits per heavy atom. The summed E-state index contributed by atoms with van der Waals surface area (Å²) in [4.78, 5) is 22.7. The molecule has 0 atom stereocenters. The highest BCUT2D eigenvalue weighted by Gasteiger charge is 2.19. The van der Waals surface area contributed by atoms with Crippen molar-refractivity contribution in [2.75, 3.05) is 0 Å². The molecular weight excluding hydrogens is 320 g/mol. The van der Waals surface area contributed by atoms with E-state index in [2.05, 4.69) is 15.3 Å². The number of rotatable bonds is 4. The highest BCUT2D eigenvalue weighted by Crippen LogP contribution is 2.33. The van der Waals surface area contributed by atoms with E-state index < -0.39 is 0 Å². The number of carbonyl (C=O) groups excluding carboxylic acids is 1. The minimum Gasteiger partial charge on any atom is -0.347 e. The van der Waals surface area contributed by atoms with Gasteiger partial charge in [0.15, 0.2) is 0 Å². The molecule has 4 aromatic heterocycles. The fraction of sp³-hybridized carbons (Fsp3) is 0.0556. The fourth-order valence-corrected chi connectivity index (χ4v) is 3.64. The van der Waals surface area contributed by atoms with E-state index in [9.17, 15) is 4.79 Å². The third kappa shape index (κ3) is 2.68. The van der Waals surface area contributed by atoms with Gasteiger partial charge in [0.1, 0.15) is 9.71 Å². The molecule has 1 amide bonds. The van der Waals surface area contributed by atoms with Crippen LogP contribution >= 0.6 is 11.3 Å². The van der Waals surface area contributed by atoms with Crippen LogP contribution in [0.3, 0.4) is 0 Å². The fourth-order valence-electron chi connectivity index (χ4n) is 2.58. The maximum atomic E-state index is 12.7. The van der Waals surface area contributed by atoms with E-state index in [0.29, 0.717) is 11.4 Å². The summed E-state index contributed by atoms with van der Waals surface area (Å²) in [5, 5.41) is 3.95. The second-order valence-electron chi connectivity index (χ2n) is 5.27. The monoisotopic (exact) mass is 334 g/mol. The van der Waals surface area contributed by atoms with E-state index in [1.807, 2.05) is 53.4 Å². The van der Waals surface area contributed by atoms with E-state index >= 15 is 0 Å². The number of hydrogen-bond acceptors (Lipinski definition) is 4. The number of hydrogen-bond donors (Lipinski definition) is 1. The van der Waals surface area contributed by atoms with Gasteiger partial charge in [-0.1, -0.05) is 6.07 Å². The van der Waals surface area contributed by atoms with Crippen molar-refractivity contribution in [3.8, 4) is 5.69 Å². The predicted molar refractivity (Wildman–Crippen MR) is 94.4 cm³/mol. The number of nitrogens with one attached hydrogen (secondary N) is 1. The number of thiophene rings is 1. The van der Waals surface area contributed by atoms with E-state index in [1.165, 1.54) is 11.3 Å². The molecular formula is C18H14N4OS. The molecule has 0 aromatic carbocycles. The van der Waals surface area contributed by atoms with Crippen LogP contribution in [0.1, 0.15) is 15.2 Å². The summed E-state index contributed by atoms with van der Waals surface area (Å²) in [5.41, 5.74) is 1.84. The molecule has 4 heterocycles. The Bertz CT molecular complexity index is 977. The van der Waals surface area contributed by atoms with Gasteiger partial charge in [-0.15, -0.1) is 11.3 Å². The van der Waals surface area contributed by atoms with E-state index in [-0.39, 0.29) is 5.91 Å². The van der Waals surface area contributed by atoms with Crippen LogP contribution in [0.2, 0.25) is 0 Å². The number of carbonyl (C=O) groups is 1. The van der Waals surface area contributed by atoms with Gasteiger partial charge in [0, 0.05) is 42.9 Å². The molecule has 0 aliphatic carbocycles. The zero-order valence-corrected chi connectivity index (χ0v) is 13.5. The SMILES string of the molecule is O=C(NCc1cccnc1)c1sc2ncccc2c1-n1cccc1.